The number of thiocarbonyl (C=S) groups is 1. The number of rotatable bonds is 7. The van der Waals surface area contributed by atoms with E-state index in [0.717, 1.165) is 11.1 Å². The molecule has 29 heavy (non-hydrogen) atoms. The van der Waals surface area contributed by atoms with E-state index in [4.69, 9.17) is 33.3 Å². The number of hydrazone groups is 1. The highest BCUT2D eigenvalue weighted by Gasteiger charge is 2.13. The maximum Gasteiger partial charge on any atom is 0.187 e. The van der Waals surface area contributed by atoms with Gasteiger partial charge in [0.1, 0.15) is 6.61 Å². The molecule has 1 fully saturated rings. The molecule has 1 aliphatic rings. The van der Waals surface area contributed by atoms with E-state index in [9.17, 15) is 0 Å². The van der Waals surface area contributed by atoms with Gasteiger partial charge < -0.3 is 14.8 Å². The van der Waals surface area contributed by atoms with Crippen LogP contribution >= 0.6 is 23.8 Å². The Labute approximate surface area is 182 Å². The summed E-state index contributed by atoms with van der Waals surface area (Å²) in [6.07, 6.45) is 7.87. The average Bonchev–Trinajstić information content (AvgIpc) is 2.74. The highest BCUT2D eigenvalue weighted by molar-refractivity contribution is 7.80. The second-order valence-corrected chi connectivity index (χ2v) is 7.85. The van der Waals surface area contributed by atoms with Crippen LogP contribution in [-0.4, -0.2) is 24.5 Å². The van der Waals surface area contributed by atoms with E-state index in [0.29, 0.717) is 34.3 Å². The van der Waals surface area contributed by atoms with Crippen LogP contribution in [0.5, 0.6) is 11.5 Å². The molecule has 3 rings (SSSR count). The summed E-state index contributed by atoms with van der Waals surface area (Å²) in [5, 5.41) is 8.83. The summed E-state index contributed by atoms with van der Waals surface area (Å²) in [5.41, 5.74) is 4.80. The van der Waals surface area contributed by atoms with Crippen molar-refractivity contribution in [2.24, 2.45) is 5.10 Å². The van der Waals surface area contributed by atoms with Gasteiger partial charge in [0.2, 0.25) is 0 Å². The van der Waals surface area contributed by atoms with Crippen molar-refractivity contribution in [3.8, 4) is 11.5 Å². The SMILES string of the molecule is COc1ccc(/C=N/NC(=S)NC2CCCCC2)cc1OCc1ccc(Cl)cc1. The molecule has 0 bridgehead atoms. The minimum Gasteiger partial charge on any atom is -0.493 e. The maximum atomic E-state index is 5.93. The van der Waals surface area contributed by atoms with Crippen LogP contribution in [0.1, 0.15) is 43.2 Å². The molecular formula is C22H26ClN3O2S. The zero-order valence-corrected chi connectivity index (χ0v) is 18.1. The number of nitrogens with one attached hydrogen (secondary N) is 2. The van der Waals surface area contributed by atoms with Gasteiger partial charge in [0.25, 0.3) is 0 Å². The summed E-state index contributed by atoms with van der Waals surface area (Å²) in [6.45, 7) is 0.418. The molecule has 1 saturated carbocycles. The Morgan fingerprint density at radius 2 is 1.90 bits per heavy atom. The summed E-state index contributed by atoms with van der Waals surface area (Å²) in [7, 11) is 1.62. The lowest BCUT2D eigenvalue weighted by molar-refractivity contribution is 0.284. The van der Waals surface area contributed by atoms with Gasteiger partial charge in [-0.2, -0.15) is 5.10 Å². The molecule has 2 aromatic rings. The lowest BCUT2D eigenvalue weighted by Gasteiger charge is -2.23. The van der Waals surface area contributed by atoms with Gasteiger partial charge in [-0.15, -0.1) is 0 Å². The predicted molar refractivity (Wildman–Crippen MR) is 122 cm³/mol. The minimum absolute atomic E-state index is 0.418. The Kier molecular flexibility index (Phi) is 8.14. The summed E-state index contributed by atoms with van der Waals surface area (Å²) in [5.74, 6) is 1.31. The van der Waals surface area contributed by atoms with Crippen LogP contribution in [0.3, 0.4) is 0 Å². The Morgan fingerprint density at radius 1 is 1.14 bits per heavy atom. The summed E-state index contributed by atoms with van der Waals surface area (Å²) >= 11 is 11.3. The van der Waals surface area contributed by atoms with E-state index in [1.807, 2.05) is 42.5 Å². The summed E-state index contributed by atoms with van der Waals surface area (Å²) in [4.78, 5) is 0. The van der Waals surface area contributed by atoms with Gasteiger partial charge in [-0.05, 0) is 66.5 Å². The lowest BCUT2D eigenvalue weighted by Crippen LogP contribution is -2.40. The first-order valence-electron chi connectivity index (χ1n) is 9.79. The number of hydrogen-bond donors (Lipinski definition) is 2. The van der Waals surface area contributed by atoms with E-state index < -0.39 is 0 Å². The van der Waals surface area contributed by atoms with E-state index in [2.05, 4.69) is 15.8 Å². The predicted octanol–water partition coefficient (Wildman–Crippen LogP) is 5.06. The molecule has 0 aliphatic heterocycles. The third kappa shape index (κ3) is 6.91. The molecule has 0 saturated heterocycles. The number of hydrogen-bond acceptors (Lipinski definition) is 4. The van der Waals surface area contributed by atoms with Crippen molar-refractivity contribution in [2.75, 3.05) is 7.11 Å². The van der Waals surface area contributed by atoms with Crippen LogP contribution in [0.25, 0.3) is 0 Å². The van der Waals surface area contributed by atoms with Crippen molar-refractivity contribution in [3.63, 3.8) is 0 Å². The Morgan fingerprint density at radius 3 is 2.62 bits per heavy atom. The largest absolute Gasteiger partial charge is 0.493 e. The van der Waals surface area contributed by atoms with Crippen LogP contribution in [0, 0.1) is 0 Å². The fraction of sp³-hybridized carbons (Fsp3) is 0.364. The number of benzene rings is 2. The van der Waals surface area contributed by atoms with Gasteiger partial charge >= 0.3 is 0 Å². The first-order valence-corrected chi connectivity index (χ1v) is 10.6. The minimum atomic E-state index is 0.418. The summed E-state index contributed by atoms with van der Waals surface area (Å²) in [6, 6.07) is 13.7. The molecule has 0 aromatic heterocycles. The van der Waals surface area contributed by atoms with Crippen molar-refractivity contribution in [3.05, 3.63) is 58.6 Å². The molecule has 0 spiro atoms. The smallest absolute Gasteiger partial charge is 0.187 e. The van der Waals surface area contributed by atoms with E-state index >= 15 is 0 Å². The van der Waals surface area contributed by atoms with Crippen molar-refractivity contribution in [1.82, 2.24) is 10.7 Å². The topological polar surface area (TPSA) is 54.9 Å². The average molecular weight is 432 g/mol. The molecule has 1 aliphatic carbocycles. The second kappa shape index (κ2) is 11.0. The molecule has 7 heteroatoms. The first kappa shape index (κ1) is 21.4. The molecule has 2 N–H and O–H groups in total. The molecule has 0 radical (unpaired) electrons. The first-order chi connectivity index (χ1) is 14.1. The van der Waals surface area contributed by atoms with Gasteiger partial charge in [0.05, 0.1) is 13.3 Å². The molecule has 154 valence electrons. The van der Waals surface area contributed by atoms with E-state index in [1.165, 1.54) is 32.1 Å². The third-order valence-corrected chi connectivity index (χ3v) is 5.28. The monoisotopic (exact) mass is 431 g/mol. The standard InChI is InChI=1S/C22H26ClN3O2S/c1-27-20-12-9-17(13-21(20)28-15-16-7-10-18(23)11-8-16)14-24-26-22(29)25-19-5-3-2-4-6-19/h7-14,19H,2-6,15H2,1H3,(H2,25,26,29)/b24-14+. The highest BCUT2D eigenvalue weighted by Crippen LogP contribution is 2.28. The lowest BCUT2D eigenvalue weighted by atomic mass is 9.96. The van der Waals surface area contributed by atoms with Gasteiger partial charge in [-0.25, -0.2) is 0 Å². The van der Waals surface area contributed by atoms with Gasteiger partial charge in [0.15, 0.2) is 16.6 Å². The number of ether oxygens (including phenoxy) is 2. The van der Waals surface area contributed by atoms with Gasteiger partial charge in [0, 0.05) is 11.1 Å². The summed E-state index contributed by atoms with van der Waals surface area (Å²) < 4.78 is 11.3. The normalized spacial score (nSPS) is 14.6. The van der Waals surface area contributed by atoms with Crippen LogP contribution in [-0.2, 0) is 6.61 Å². The number of halogens is 1. The molecular weight excluding hydrogens is 406 g/mol. The fourth-order valence-corrected chi connectivity index (χ4v) is 3.60. The maximum absolute atomic E-state index is 5.93. The fourth-order valence-electron chi connectivity index (χ4n) is 3.26. The van der Waals surface area contributed by atoms with Crippen molar-refractivity contribution >= 4 is 35.1 Å². The molecule has 0 heterocycles. The highest BCUT2D eigenvalue weighted by atomic mass is 35.5. The quantitative estimate of drug-likeness (QED) is 0.364. The Bertz CT molecular complexity index is 836. The van der Waals surface area contributed by atoms with Crippen molar-refractivity contribution in [2.45, 2.75) is 44.8 Å². The Hall–Kier alpha value is -2.31. The Balaban J connectivity index is 1.56. The zero-order chi connectivity index (χ0) is 20.5. The second-order valence-electron chi connectivity index (χ2n) is 7.00. The van der Waals surface area contributed by atoms with Crippen LogP contribution in [0.4, 0.5) is 0 Å². The molecule has 0 unspecified atom stereocenters. The number of nitrogens with zero attached hydrogens (tertiary/aromatic N) is 1. The van der Waals surface area contributed by atoms with Crippen LogP contribution in [0.2, 0.25) is 5.02 Å². The molecule has 2 aromatic carbocycles. The van der Waals surface area contributed by atoms with Crippen molar-refractivity contribution in [1.29, 1.82) is 0 Å². The zero-order valence-electron chi connectivity index (χ0n) is 16.5. The van der Waals surface area contributed by atoms with E-state index in [-0.39, 0.29) is 0 Å². The molecule has 0 atom stereocenters. The van der Waals surface area contributed by atoms with E-state index in [1.54, 1.807) is 13.3 Å². The molecule has 0 amide bonds. The van der Waals surface area contributed by atoms with Crippen LogP contribution in [0.15, 0.2) is 47.6 Å². The van der Waals surface area contributed by atoms with Crippen molar-refractivity contribution < 1.29 is 9.47 Å². The number of methoxy groups -OCH3 is 1. The third-order valence-electron chi connectivity index (χ3n) is 4.82. The molecule has 5 nitrogen and oxygen atoms in total. The van der Waals surface area contributed by atoms with Gasteiger partial charge in [-0.3, -0.25) is 5.43 Å². The van der Waals surface area contributed by atoms with Crippen LogP contribution < -0.4 is 20.2 Å². The van der Waals surface area contributed by atoms with Gasteiger partial charge in [-0.1, -0.05) is 43.0 Å².